The van der Waals surface area contributed by atoms with Crippen LogP contribution in [-0.2, 0) is 0 Å². The van der Waals surface area contributed by atoms with E-state index in [9.17, 15) is 4.39 Å². The number of nitrogens with two attached hydrogens (primary N) is 1. The largest absolute Gasteiger partial charge is 0.494 e. The smallest absolute Gasteiger partial charge is 0.170 e. The molecule has 3 N–H and O–H groups in total. The molecule has 7 heteroatoms. The number of benzene rings is 1. The van der Waals surface area contributed by atoms with Crippen LogP contribution in [-0.4, -0.2) is 16.7 Å². The lowest BCUT2D eigenvalue weighted by Crippen LogP contribution is -2.29. The maximum absolute atomic E-state index is 14.0. The van der Waals surface area contributed by atoms with Gasteiger partial charge in [0.05, 0.1) is 18.8 Å². The number of aromatic nitrogens is 2. The Morgan fingerprint density at radius 3 is 2.94 bits per heavy atom. The van der Waals surface area contributed by atoms with Crippen molar-refractivity contribution in [2.45, 2.75) is 6.04 Å². The first-order valence-electron chi connectivity index (χ1n) is 4.83. The number of hydrogen-bond donors (Lipinski definition) is 2. The van der Waals surface area contributed by atoms with E-state index in [0.29, 0.717) is 11.3 Å². The van der Waals surface area contributed by atoms with Gasteiger partial charge in [0.2, 0.25) is 0 Å². The molecule has 0 aliphatic heterocycles. The molecule has 1 atom stereocenters. The summed E-state index contributed by atoms with van der Waals surface area (Å²) in [6.07, 6.45) is 0. The van der Waals surface area contributed by atoms with Crippen molar-refractivity contribution in [3.05, 3.63) is 40.7 Å². The van der Waals surface area contributed by atoms with Crippen LogP contribution in [0, 0.1) is 5.82 Å². The van der Waals surface area contributed by atoms with Crippen molar-refractivity contribution in [2.24, 2.45) is 5.84 Å². The minimum Gasteiger partial charge on any atom is -0.494 e. The van der Waals surface area contributed by atoms with Crippen LogP contribution in [0.5, 0.6) is 5.75 Å². The van der Waals surface area contributed by atoms with Gasteiger partial charge in [-0.15, -0.1) is 5.10 Å². The second-order valence-corrected chi connectivity index (χ2v) is 3.90. The maximum Gasteiger partial charge on any atom is 0.170 e. The van der Waals surface area contributed by atoms with Gasteiger partial charge in [-0.1, -0.05) is 16.6 Å². The van der Waals surface area contributed by atoms with Crippen LogP contribution in [0.25, 0.3) is 0 Å². The van der Waals surface area contributed by atoms with Gasteiger partial charge in [-0.25, -0.2) is 9.82 Å². The summed E-state index contributed by atoms with van der Waals surface area (Å²) in [5.74, 6) is 5.16. The van der Waals surface area contributed by atoms with Gasteiger partial charge in [0.1, 0.15) is 0 Å². The number of hydrazine groups is 1. The van der Waals surface area contributed by atoms with Crippen molar-refractivity contribution >= 4 is 11.5 Å². The molecule has 0 saturated carbocycles. The molecular weight excluding hydrogens is 243 g/mol. The molecule has 0 saturated heterocycles. The van der Waals surface area contributed by atoms with Crippen LogP contribution in [0.3, 0.4) is 0 Å². The molecule has 0 fully saturated rings. The van der Waals surface area contributed by atoms with E-state index in [1.54, 1.807) is 23.6 Å². The molecular formula is C10H11FN4OS. The van der Waals surface area contributed by atoms with Crippen LogP contribution in [0.4, 0.5) is 4.39 Å². The molecule has 0 aliphatic rings. The fourth-order valence-electron chi connectivity index (χ4n) is 1.54. The molecule has 90 valence electrons. The monoisotopic (exact) mass is 254 g/mol. The summed E-state index contributed by atoms with van der Waals surface area (Å²) < 4.78 is 22.7. The fraction of sp³-hybridized carbons (Fsp3) is 0.200. The van der Waals surface area contributed by atoms with E-state index in [0.717, 1.165) is 0 Å². The average Bonchev–Trinajstić information content (AvgIpc) is 2.86. The van der Waals surface area contributed by atoms with Gasteiger partial charge in [0.25, 0.3) is 0 Å². The number of nitrogens with one attached hydrogen (secondary N) is 1. The summed E-state index contributed by atoms with van der Waals surface area (Å²) in [7, 11) is 1.41. The van der Waals surface area contributed by atoms with Crippen molar-refractivity contribution in [1.82, 2.24) is 15.0 Å². The van der Waals surface area contributed by atoms with Gasteiger partial charge >= 0.3 is 0 Å². The number of hydrogen-bond acceptors (Lipinski definition) is 6. The van der Waals surface area contributed by atoms with Crippen LogP contribution in [0.1, 0.15) is 17.3 Å². The normalized spacial score (nSPS) is 12.4. The molecule has 1 heterocycles. The van der Waals surface area contributed by atoms with Gasteiger partial charge in [-0.2, -0.15) is 0 Å². The van der Waals surface area contributed by atoms with Gasteiger partial charge in [0.15, 0.2) is 11.6 Å². The molecule has 1 aromatic heterocycles. The Morgan fingerprint density at radius 1 is 1.53 bits per heavy atom. The molecule has 5 nitrogen and oxygen atoms in total. The molecule has 1 unspecified atom stereocenters. The number of halogens is 1. The fourth-order valence-corrected chi connectivity index (χ4v) is 2.02. The summed E-state index contributed by atoms with van der Waals surface area (Å²) >= 11 is 1.18. The van der Waals surface area contributed by atoms with Gasteiger partial charge in [0, 0.05) is 10.9 Å². The Kier molecular flexibility index (Phi) is 3.62. The van der Waals surface area contributed by atoms with Crippen molar-refractivity contribution in [2.75, 3.05) is 7.11 Å². The molecule has 0 bridgehead atoms. The maximum atomic E-state index is 14.0. The number of methoxy groups -OCH3 is 1. The van der Waals surface area contributed by atoms with Gasteiger partial charge < -0.3 is 4.74 Å². The molecule has 0 amide bonds. The molecule has 0 aliphatic carbocycles. The van der Waals surface area contributed by atoms with Crippen molar-refractivity contribution < 1.29 is 9.13 Å². The van der Waals surface area contributed by atoms with Crippen LogP contribution in [0.2, 0.25) is 0 Å². The Balaban J connectivity index is 2.44. The summed E-state index contributed by atoms with van der Waals surface area (Å²) in [5, 5.41) is 5.59. The quantitative estimate of drug-likeness (QED) is 0.634. The topological polar surface area (TPSA) is 73.1 Å². The number of nitrogens with zero attached hydrogens (tertiary/aromatic N) is 2. The van der Waals surface area contributed by atoms with Crippen LogP contribution in [0.15, 0.2) is 23.6 Å². The van der Waals surface area contributed by atoms with E-state index in [1.165, 1.54) is 18.6 Å². The third kappa shape index (κ3) is 2.26. The number of rotatable bonds is 4. The summed E-state index contributed by atoms with van der Waals surface area (Å²) in [6.45, 7) is 0. The average molecular weight is 254 g/mol. The van der Waals surface area contributed by atoms with E-state index in [4.69, 9.17) is 10.6 Å². The highest BCUT2D eigenvalue weighted by atomic mass is 32.1. The van der Waals surface area contributed by atoms with E-state index in [1.807, 2.05) is 0 Å². The zero-order valence-electron chi connectivity index (χ0n) is 9.05. The molecule has 17 heavy (non-hydrogen) atoms. The van der Waals surface area contributed by atoms with E-state index in [2.05, 4.69) is 15.0 Å². The number of ether oxygens (including phenoxy) is 1. The highest BCUT2D eigenvalue weighted by Gasteiger charge is 2.21. The Morgan fingerprint density at radius 2 is 2.35 bits per heavy atom. The van der Waals surface area contributed by atoms with E-state index < -0.39 is 11.9 Å². The third-order valence-corrected chi connectivity index (χ3v) is 2.89. The van der Waals surface area contributed by atoms with Crippen molar-refractivity contribution in [3.8, 4) is 5.75 Å². The second kappa shape index (κ2) is 5.17. The van der Waals surface area contributed by atoms with Gasteiger partial charge in [-0.3, -0.25) is 5.84 Å². The predicted octanol–water partition coefficient (Wildman–Crippen LogP) is 1.24. The second-order valence-electron chi connectivity index (χ2n) is 3.29. The van der Waals surface area contributed by atoms with Crippen molar-refractivity contribution in [1.29, 1.82) is 0 Å². The summed E-state index contributed by atoms with van der Waals surface area (Å²) in [4.78, 5) is 0. The molecule has 0 spiro atoms. The minimum atomic E-state index is -0.538. The Bertz CT molecular complexity index is 491. The first kappa shape index (κ1) is 11.9. The van der Waals surface area contributed by atoms with Crippen molar-refractivity contribution in [3.63, 3.8) is 0 Å². The summed E-state index contributed by atoms with van der Waals surface area (Å²) in [5.41, 5.74) is 3.47. The first-order chi connectivity index (χ1) is 8.27. The molecule has 1 aromatic carbocycles. The lowest BCUT2D eigenvalue weighted by atomic mass is 10.0. The lowest BCUT2D eigenvalue weighted by Gasteiger charge is -2.15. The first-order valence-corrected chi connectivity index (χ1v) is 5.67. The zero-order valence-corrected chi connectivity index (χ0v) is 9.87. The molecule has 2 aromatic rings. The zero-order chi connectivity index (χ0) is 12.3. The van der Waals surface area contributed by atoms with Gasteiger partial charge in [-0.05, 0) is 17.6 Å². The SMILES string of the molecule is COc1cccc(C(NN)c2csnn2)c1F. The van der Waals surface area contributed by atoms with E-state index >= 15 is 0 Å². The molecule has 2 rings (SSSR count). The predicted molar refractivity (Wildman–Crippen MR) is 62.0 cm³/mol. The highest BCUT2D eigenvalue weighted by Crippen LogP contribution is 2.28. The summed E-state index contributed by atoms with van der Waals surface area (Å²) in [6, 6.07) is 4.33. The highest BCUT2D eigenvalue weighted by molar-refractivity contribution is 7.03. The van der Waals surface area contributed by atoms with Crippen LogP contribution >= 0.6 is 11.5 Å². The third-order valence-electron chi connectivity index (χ3n) is 2.36. The molecule has 0 radical (unpaired) electrons. The lowest BCUT2D eigenvalue weighted by molar-refractivity contribution is 0.381. The Labute approximate surface area is 102 Å². The van der Waals surface area contributed by atoms with E-state index in [-0.39, 0.29) is 5.75 Å². The van der Waals surface area contributed by atoms with Crippen LogP contribution < -0.4 is 16.0 Å². The standard InChI is InChI=1S/C10H11FN4OS/c1-16-8-4-2-3-6(9(8)11)10(13-12)7-5-17-15-14-7/h2-5,10,13H,12H2,1H3. The minimum absolute atomic E-state index is 0.172. The Hall–Kier alpha value is -1.57.